The van der Waals surface area contributed by atoms with Crippen molar-refractivity contribution in [1.82, 2.24) is 0 Å². The zero-order chi connectivity index (χ0) is 15.7. The van der Waals surface area contributed by atoms with Gasteiger partial charge in [-0.2, -0.15) is 0 Å². The van der Waals surface area contributed by atoms with Crippen molar-refractivity contribution >= 4 is 5.78 Å². The molecule has 0 spiro atoms. The first-order chi connectivity index (χ1) is 10.7. The molecule has 2 bridgehead atoms. The molecule has 3 rings (SSSR count). The molecule has 2 saturated heterocycles. The number of ketones is 1. The smallest absolute Gasteiger partial charge is 0.172 e. The highest BCUT2D eigenvalue weighted by Gasteiger charge is 2.56. The first-order valence-electron chi connectivity index (χ1n) is 7.63. The van der Waals surface area contributed by atoms with Gasteiger partial charge in [0, 0.05) is 26.1 Å². The van der Waals surface area contributed by atoms with E-state index in [9.17, 15) is 9.90 Å². The number of Topliss-reactive ketones (excluding diaryl/α,β-unsaturated/α-hetero) is 1. The number of para-hydroxylation sites is 1. The minimum absolute atomic E-state index is 0.0323. The maximum atomic E-state index is 12.8. The first kappa shape index (κ1) is 15.5. The number of fused-ring (bicyclic) bond motifs is 2. The zero-order valence-electron chi connectivity index (χ0n) is 12.9. The van der Waals surface area contributed by atoms with E-state index >= 15 is 0 Å². The van der Waals surface area contributed by atoms with Gasteiger partial charge < -0.3 is 19.3 Å². The molecule has 5 heteroatoms. The second-order valence-corrected chi connectivity index (χ2v) is 6.10. The van der Waals surface area contributed by atoms with Gasteiger partial charge in [-0.1, -0.05) is 12.1 Å². The largest absolute Gasteiger partial charge is 0.507 e. The predicted octanol–water partition coefficient (Wildman–Crippen LogP) is 1.89. The minimum Gasteiger partial charge on any atom is -0.507 e. The summed E-state index contributed by atoms with van der Waals surface area (Å²) in [6.07, 6.45) is 0.564. The number of ether oxygens (including phenoxy) is 3. The van der Waals surface area contributed by atoms with Gasteiger partial charge in [0.05, 0.1) is 36.9 Å². The summed E-state index contributed by atoms with van der Waals surface area (Å²) < 4.78 is 16.6. The lowest BCUT2D eigenvalue weighted by Gasteiger charge is -2.31. The van der Waals surface area contributed by atoms with E-state index < -0.39 is 0 Å². The molecule has 1 N–H and O–H groups in total. The van der Waals surface area contributed by atoms with Crippen molar-refractivity contribution in [2.75, 3.05) is 27.4 Å². The minimum atomic E-state index is -0.216. The molecule has 22 heavy (non-hydrogen) atoms. The fourth-order valence-electron chi connectivity index (χ4n) is 3.90. The van der Waals surface area contributed by atoms with E-state index in [0.29, 0.717) is 25.2 Å². The number of rotatable bonds is 6. The van der Waals surface area contributed by atoms with E-state index in [1.54, 1.807) is 38.5 Å². The van der Waals surface area contributed by atoms with Gasteiger partial charge in [0.1, 0.15) is 5.75 Å². The van der Waals surface area contributed by atoms with Gasteiger partial charge in [0.25, 0.3) is 0 Å². The fraction of sp³-hybridized carbons (Fsp3) is 0.588. The second kappa shape index (κ2) is 6.36. The number of phenolic OH excluding ortho intramolecular Hbond substituents is 1. The van der Waals surface area contributed by atoms with E-state index in [4.69, 9.17) is 14.2 Å². The lowest BCUT2D eigenvalue weighted by atomic mass is 9.72. The van der Waals surface area contributed by atoms with Crippen LogP contribution < -0.4 is 0 Å². The van der Waals surface area contributed by atoms with Gasteiger partial charge in [-0.25, -0.2) is 0 Å². The topological polar surface area (TPSA) is 65.0 Å². The van der Waals surface area contributed by atoms with Crippen LogP contribution in [0.3, 0.4) is 0 Å². The highest BCUT2D eigenvalue weighted by Crippen LogP contribution is 2.48. The molecule has 0 aliphatic carbocycles. The average Bonchev–Trinajstić information content (AvgIpc) is 3.08. The quantitative estimate of drug-likeness (QED) is 0.813. The average molecular weight is 306 g/mol. The van der Waals surface area contributed by atoms with Crippen LogP contribution in [0.4, 0.5) is 0 Å². The maximum absolute atomic E-state index is 12.8. The number of methoxy groups -OCH3 is 2. The van der Waals surface area contributed by atoms with E-state index in [-0.39, 0.29) is 41.5 Å². The van der Waals surface area contributed by atoms with E-state index in [2.05, 4.69) is 0 Å². The van der Waals surface area contributed by atoms with Gasteiger partial charge in [-0.15, -0.1) is 0 Å². The molecule has 1 aromatic carbocycles. The van der Waals surface area contributed by atoms with Crippen LogP contribution in [0, 0.1) is 17.8 Å². The number of phenols is 1. The number of carbonyl (C=O) groups excluding carboxylic acids is 1. The number of hydrogen-bond acceptors (Lipinski definition) is 5. The third-order valence-corrected chi connectivity index (χ3v) is 4.89. The van der Waals surface area contributed by atoms with Crippen molar-refractivity contribution in [3.05, 3.63) is 29.8 Å². The summed E-state index contributed by atoms with van der Waals surface area (Å²) in [5.74, 6) is 0.202. The van der Waals surface area contributed by atoms with Crippen molar-refractivity contribution < 1.29 is 24.1 Å². The van der Waals surface area contributed by atoms with E-state index in [1.807, 2.05) is 0 Å². The van der Waals surface area contributed by atoms with Gasteiger partial charge >= 0.3 is 0 Å². The molecule has 0 amide bonds. The second-order valence-electron chi connectivity index (χ2n) is 6.10. The van der Waals surface area contributed by atoms with Crippen LogP contribution >= 0.6 is 0 Å². The summed E-state index contributed by atoms with van der Waals surface area (Å²) in [6.45, 7) is 1.17. The van der Waals surface area contributed by atoms with Crippen molar-refractivity contribution in [3.8, 4) is 5.75 Å². The van der Waals surface area contributed by atoms with Gasteiger partial charge in [-0.3, -0.25) is 4.79 Å². The summed E-state index contributed by atoms with van der Waals surface area (Å²) in [6, 6.07) is 6.69. The van der Waals surface area contributed by atoms with Gasteiger partial charge in [-0.05, 0) is 18.6 Å². The predicted molar refractivity (Wildman–Crippen MR) is 79.9 cm³/mol. The summed E-state index contributed by atoms with van der Waals surface area (Å²) in [5.41, 5.74) is 0.378. The van der Waals surface area contributed by atoms with Gasteiger partial charge in [0.2, 0.25) is 0 Å². The summed E-state index contributed by atoms with van der Waals surface area (Å²) in [7, 11) is 3.34. The first-order valence-corrected chi connectivity index (χ1v) is 7.63. The normalized spacial score (nSPS) is 33.3. The highest BCUT2D eigenvalue weighted by atomic mass is 16.5. The monoisotopic (exact) mass is 306 g/mol. The third kappa shape index (κ3) is 2.53. The molecule has 0 unspecified atom stereocenters. The Kier molecular flexibility index (Phi) is 4.47. The molecule has 2 aliphatic rings. The zero-order valence-corrected chi connectivity index (χ0v) is 12.9. The number of benzene rings is 1. The molecule has 0 saturated carbocycles. The van der Waals surface area contributed by atoms with Crippen molar-refractivity contribution in [1.29, 1.82) is 0 Å². The Morgan fingerprint density at radius 1 is 1.23 bits per heavy atom. The van der Waals surface area contributed by atoms with Crippen LogP contribution in [0.2, 0.25) is 0 Å². The van der Waals surface area contributed by atoms with E-state index in [1.165, 1.54) is 0 Å². The van der Waals surface area contributed by atoms with Crippen LogP contribution in [0.1, 0.15) is 16.8 Å². The van der Waals surface area contributed by atoms with Crippen LogP contribution in [0.5, 0.6) is 5.75 Å². The molecule has 120 valence electrons. The van der Waals surface area contributed by atoms with Gasteiger partial charge in [0.15, 0.2) is 5.78 Å². The summed E-state index contributed by atoms with van der Waals surface area (Å²) in [5, 5.41) is 9.91. The third-order valence-electron chi connectivity index (χ3n) is 4.89. The molecule has 2 fully saturated rings. The van der Waals surface area contributed by atoms with Crippen molar-refractivity contribution in [2.24, 2.45) is 17.8 Å². The SMILES string of the molecule is COC[C@@H]1[C@H](COC)[C@@H]2O[C@H]1C[C@H]2C(=O)c1ccccc1O. The maximum Gasteiger partial charge on any atom is 0.172 e. The Morgan fingerprint density at radius 3 is 2.59 bits per heavy atom. The molecule has 0 radical (unpaired) electrons. The lowest BCUT2D eigenvalue weighted by molar-refractivity contribution is 0.0403. The fourth-order valence-corrected chi connectivity index (χ4v) is 3.90. The molecule has 0 aromatic heterocycles. The molecule has 2 heterocycles. The Hall–Kier alpha value is -1.43. The Bertz CT molecular complexity index is 544. The van der Waals surface area contributed by atoms with Crippen LogP contribution in [-0.2, 0) is 14.2 Å². The molecular weight excluding hydrogens is 284 g/mol. The molecule has 5 atom stereocenters. The van der Waals surface area contributed by atoms with Crippen molar-refractivity contribution in [2.45, 2.75) is 18.6 Å². The lowest BCUT2D eigenvalue weighted by Crippen LogP contribution is -2.40. The van der Waals surface area contributed by atoms with Crippen molar-refractivity contribution in [3.63, 3.8) is 0 Å². The van der Waals surface area contributed by atoms with Crippen LogP contribution in [0.25, 0.3) is 0 Å². The Labute approximate surface area is 130 Å². The van der Waals surface area contributed by atoms with Crippen LogP contribution in [0.15, 0.2) is 24.3 Å². The molecule has 2 aliphatic heterocycles. The van der Waals surface area contributed by atoms with E-state index in [0.717, 1.165) is 0 Å². The standard InChI is InChI=1S/C17H22O5/c1-20-8-12-13(9-21-2)17-11(7-15(12)22-17)16(19)10-5-3-4-6-14(10)18/h3-6,11-13,15,17-18H,7-9H2,1-2H3/t11-,12+,13-,15-,17+/m0/s1. The Balaban J connectivity index is 1.80. The molecule has 1 aromatic rings. The number of aromatic hydroxyl groups is 1. The summed E-state index contributed by atoms with van der Waals surface area (Å²) in [4.78, 5) is 12.8. The number of carbonyl (C=O) groups is 1. The number of hydrogen-bond donors (Lipinski definition) is 1. The molecular formula is C17H22O5. The molecule has 5 nitrogen and oxygen atoms in total. The highest BCUT2D eigenvalue weighted by molar-refractivity contribution is 6.00. The Morgan fingerprint density at radius 2 is 1.91 bits per heavy atom. The summed E-state index contributed by atoms with van der Waals surface area (Å²) >= 11 is 0. The van der Waals surface area contributed by atoms with Crippen LogP contribution in [-0.4, -0.2) is 50.5 Å².